The fourth-order valence-corrected chi connectivity index (χ4v) is 0. The minimum Gasteiger partial charge on any atom is -0.678 e. The number of carbonyl (C=O) groups is 2. The molecule has 0 aliphatic carbocycles. The molecule has 0 amide bonds. The smallest absolute Gasteiger partial charge is 0.678 e. The van der Waals surface area contributed by atoms with Crippen molar-refractivity contribution in [3.05, 3.63) is 11.5 Å². The van der Waals surface area contributed by atoms with Gasteiger partial charge in [0.2, 0.25) is 0 Å². The second-order valence-corrected chi connectivity index (χ2v) is 1.28. The van der Waals surface area contributed by atoms with Crippen LogP contribution in [0.1, 0.15) is 13.8 Å². The van der Waals surface area contributed by atoms with Crippen molar-refractivity contribution in [3.63, 3.8) is 0 Å². The van der Waals surface area contributed by atoms with Gasteiger partial charge in [0, 0.05) is 0 Å². The Bertz CT molecular complexity index is 107. The number of carboxylic acids is 2. The van der Waals surface area contributed by atoms with Crippen molar-refractivity contribution in [2.75, 3.05) is 13.1 Å². The molecule has 0 bridgehead atoms. The molecular weight excluding hydrogens is 359 g/mol. The van der Waals surface area contributed by atoms with E-state index in [0.717, 1.165) is 0 Å². The number of carboxylic acid groups (broad SMARTS) is 2. The van der Waals surface area contributed by atoms with Crippen LogP contribution in [-0.4, -0.2) is 25.0 Å². The van der Waals surface area contributed by atoms with Gasteiger partial charge in [-0.2, -0.15) is 13.1 Å². The van der Waals surface area contributed by atoms with Gasteiger partial charge >= 0.3 is 21.1 Å². The first-order chi connectivity index (χ1) is 5.47. The van der Waals surface area contributed by atoms with E-state index in [2.05, 4.69) is 0 Å². The molecule has 80 valence electrons. The van der Waals surface area contributed by atoms with Crippen LogP contribution in [0, 0.1) is 0 Å². The normalized spacial score (nSPS) is 6.15. The van der Waals surface area contributed by atoms with Gasteiger partial charge < -0.3 is 31.3 Å². The first-order valence-corrected chi connectivity index (χ1v) is 3.19. The predicted molar refractivity (Wildman–Crippen MR) is 39.7 cm³/mol. The maximum atomic E-state index is 8.93. The van der Waals surface area contributed by atoms with E-state index in [0.29, 0.717) is 13.1 Å². The van der Waals surface area contributed by atoms with Gasteiger partial charge in [0.15, 0.2) is 0 Å². The molecule has 6 nitrogen and oxygen atoms in total. The Morgan fingerprint density at radius 1 is 1.00 bits per heavy atom. The number of nitrogens with one attached hydrogen (secondary N) is 2. The van der Waals surface area contributed by atoms with Crippen LogP contribution in [0.25, 0.3) is 11.5 Å². The Hall–Kier alpha value is -0.452. The van der Waals surface area contributed by atoms with Gasteiger partial charge in [0.25, 0.3) is 0 Å². The fourth-order valence-electron chi connectivity index (χ4n) is 0. The predicted octanol–water partition coefficient (Wildman–Crippen LogP) is -1.40. The van der Waals surface area contributed by atoms with E-state index in [1.807, 2.05) is 0 Å². The third kappa shape index (κ3) is 83.6. The zero-order chi connectivity index (χ0) is 10.6. The minimum absolute atomic E-state index is 0. The van der Waals surface area contributed by atoms with Crippen LogP contribution >= 0.6 is 0 Å². The molecule has 0 aliphatic rings. The van der Waals surface area contributed by atoms with Crippen LogP contribution in [0.3, 0.4) is 0 Å². The Balaban J connectivity index is -0.0000000501. The molecule has 0 atom stereocenters. The summed E-state index contributed by atoms with van der Waals surface area (Å²) in [6, 6.07) is 0. The van der Waals surface area contributed by atoms with Gasteiger partial charge in [-0.3, -0.25) is 0 Å². The Morgan fingerprint density at radius 2 is 1.08 bits per heavy atom. The molecule has 0 fully saturated rings. The largest absolute Gasteiger partial charge is 4.00 e. The average Bonchev–Trinajstić information content (AvgIpc) is 1.90. The van der Waals surface area contributed by atoms with Crippen LogP contribution < -0.4 is 10.2 Å². The molecule has 0 aliphatic heterocycles. The number of aliphatic carboxylic acids is 2. The van der Waals surface area contributed by atoms with Crippen molar-refractivity contribution in [1.82, 2.24) is 0 Å². The Morgan fingerprint density at radius 3 is 1.08 bits per heavy atom. The Kier molecular flexibility index (Phi) is 39.7. The zero-order valence-corrected chi connectivity index (χ0v) is 9.64. The number of hydrogen-bond acceptors (Lipinski definition) is 4. The third-order valence-corrected chi connectivity index (χ3v) is 0.167. The first-order valence-electron chi connectivity index (χ1n) is 3.19. The van der Waals surface area contributed by atoms with E-state index in [4.69, 9.17) is 31.3 Å². The molecule has 0 unspecified atom stereocenters. The molecule has 7 heteroatoms. The third-order valence-electron chi connectivity index (χ3n) is 0.167. The molecule has 0 spiro atoms. The fraction of sp³-hybridized carbons (Fsp3) is 0.667. The summed E-state index contributed by atoms with van der Waals surface area (Å²) in [5, 5.41) is 17.9. The zero-order valence-electron chi connectivity index (χ0n) is 7.36. The molecule has 0 rings (SSSR count). The monoisotopic (exact) mass is 371 g/mol. The van der Waals surface area contributed by atoms with Crippen molar-refractivity contribution in [3.8, 4) is 0 Å². The van der Waals surface area contributed by atoms with Crippen LogP contribution in [0.15, 0.2) is 0 Å². The summed E-state index contributed by atoms with van der Waals surface area (Å²) in [6.45, 7) is 4.58. The molecule has 0 saturated heterocycles. The van der Waals surface area contributed by atoms with Gasteiger partial charge in [-0.1, -0.05) is 13.8 Å². The van der Waals surface area contributed by atoms with Crippen molar-refractivity contribution in [2.45, 2.75) is 13.8 Å². The second-order valence-electron chi connectivity index (χ2n) is 1.28. The van der Waals surface area contributed by atoms with Gasteiger partial charge in [-0.05, 0) is 0 Å². The quantitative estimate of drug-likeness (QED) is 0.485. The summed E-state index contributed by atoms with van der Waals surface area (Å²) >= 11 is 0. The molecule has 0 aromatic carbocycles. The van der Waals surface area contributed by atoms with Crippen molar-refractivity contribution >= 4 is 11.9 Å². The number of carbonyl (C=O) groups excluding carboxylic acids is 2. The molecule has 0 radical (unpaired) electrons. The van der Waals surface area contributed by atoms with Gasteiger partial charge in [0.1, 0.15) is 0 Å². The topological polar surface area (TPSA) is 128 Å². The first kappa shape index (κ1) is 22.9. The molecule has 0 saturated carbocycles. The summed E-state index contributed by atoms with van der Waals surface area (Å²) in [5.41, 5.74) is 12.4. The summed E-state index contributed by atoms with van der Waals surface area (Å²) in [6.07, 6.45) is 0. The SMILES string of the molecule is CC[NH-].CC[NH-].O=C([O-])C(=O)[O-].[Pt+4]. The molecular formula is C6H12N2O4Pt. The van der Waals surface area contributed by atoms with E-state index in [-0.39, 0.29) is 21.1 Å². The van der Waals surface area contributed by atoms with E-state index in [1.165, 1.54) is 0 Å². The molecule has 13 heavy (non-hydrogen) atoms. The van der Waals surface area contributed by atoms with Crippen molar-refractivity contribution < 1.29 is 40.9 Å². The van der Waals surface area contributed by atoms with E-state index >= 15 is 0 Å². The summed E-state index contributed by atoms with van der Waals surface area (Å²) in [4.78, 5) is 17.9. The standard InChI is InChI=1S/2C2H6N.C2H2O4.Pt/c2*1-2-3;3-1(4)2(5)6;/h2*3H,2H2,1H3;(H,3,4)(H,5,6);/q2*-1;;+4/p-2. The van der Waals surface area contributed by atoms with Gasteiger partial charge in [-0.25, -0.2) is 0 Å². The number of rotatable bonds is 0. The van der Waals surface area contributed by atoms with Crippen LogP contribution in [0.5, 0.6) is 0 Å². The molecule has 0 aromatic rings. The van der Waals surface area contributed by atoms with Crippen molar-refractivity contribution in [1.29, 1.82) is 0 Å². The molecule has 0 heterocycles. The van der Waals surface area contributed by atoms with E-state index in [9.17, 15) is 0 Å². The average molecular weight is 371 g/mol. The summed E-state index contributed by atoms with van der Waals surface area (Å²) < 4.78 is 0. The van der Waals surface area contributed by atoms with Gasteiger partial charge in [0.05, 0.1) is 11.9 Å². The molecule has 2 N–H and O–H groups in total. The molecule has 0 aromatic heterocycles. The van der Waals surface area contributed by atoms with Crippen molar-refractivity contribution in [2.24, 2.45) is 0 Å². The van der Waals surface area contributed by atoms with Crippen LogP contribution in [0.2, 0.25) is 0 Å². The minimum atomic E-state index is -2.19. The summed E-state index contributed by atoms with van der Waals surface area (Å²) in [5.74, 6) is -4.37. The van der Waals surface area contributed by atoms with Crippen LogP contribution in [-0.2, 0) is 30.7 Å². The number of hydrogen-bond donors (Lipinski definition) is 0. The van der Waals surface area contributed by atoms with Gasteiger partial charge in [-0.15, -0.1) is 0 Å². The maximum absolute atomic E-state index is 8.93. The van der Waals surface area contributed by atoms with E-state index < -0.39 is 11.9 Å². The Labute approximate surface area is 91.6 Å². The summed E-state index contributed by atoms with van der Waals surface area (Å²) in [7, 11) is 0. The van der Waals surface area contributed by atoms with E-state index in [1.54, 1.807) is 13.8 Å². The maximum Gasteiger partial charge on any atom is 4.00 e. The second kappa shape index (κ2) is 22.6. The van der Waals surface area contributed by atoms with Crippen LogP contribution in [0.4, 0.5) is 0 Å².